The van der Waals surface area contributed by atoms with Crippen LogP contribution in [0, 0.1) is 0 Å². The van der Waals surface area contributed by atoms with E-state index in [-0.39, 0.29) is 6.04 Å². The monoisotopic (exact) mass is 311 g/mol. The quantitative estimate of drug-likeness (QED) is 0.583. The lowest BCUT2D eigenvalue weighted by molar-refractivity contribution is 0.340. The molecule has 0 aromatic carbocycles. The van der Waals surface area contributed by atoms with Gasteiger partial charge in [-0.15, -0.1) is 0 Å². The smallest absolute Gasteiger partial charge is 0.281 e. The van der Waals surface area contributed by atoms with Gasteiger partial charge in [-0.2, -0.15) is 28.8 Å². The van der Waals surface area contributed by atoms with Gasteiger partial charge in [0.15, 0.2) is 0 Å². The van der Waals surface area contributed by atoms with Crippen LogP contribution in [0.5, 0.6) is 0 Å². The maximum Gasteiger partial charge on any atom is 0.281 e. The van der Waals surface area contributed by atoms with Crippen LogP contribution in [0.4, 0.5) is 0 Å². The highest BCUT2D eigenvalue weighted by atomic mass is 32.2. The molecular weight excluding hydrogens is 282 g/mol. The third-order valence-electron chi connectivity index (χ3n) is 3.18. The lowest BCUT2D eigenvalue weighted by Gasteiger charge is -2.30. The number of nitrogens with zero attached hydrogens (tertiary/aromatic N) is 2. The van der Waals surface area contributed by atoms with Crippen LogP contribution in [-0.4, -0.2) is 68.8 Å². The molecule has 0 saturated heterocycles. The van der Waals surface area contributed by atoms with Gasteiger partial charge in [-0.05, 0) is 32.2 Å². The maximum absolute atomic E-state index is 12.4. The third kappa shape index (κ3) is 6.44. The van der Waals surface area contributed by atoms with E-state index in [1.54, 1.807) is 25.9 Å². The normalized spacial score (nSPS) is 14.3. The van der Waals surface area contributed by atoms with E-state index in [0.717, 1.165) is 31.7 Å². The Morgan fingerprint density at radius 1 is 1.26 bits per heavy atom. The molecule has 1 atom stereocenters. The van der Waals surface area contributed by atoms with Gasteiger partial charge >= 0.3 is 0 Å². The summed E-state index contributed by atoms with van der Waals surface area (Å²) in [5.74, 6) is 0.831. The largest absolute Gasteiger partial charge is 0.317 e. The molecule has 19 heavy (non-hydrogen) atoms. The zero-order valence-corrected chi connectivity index (χ0v) is 14.5. The van der Waals surface area contributed by atoms with E-state index in [1.807, 2.05) is 20.1 Å². The molecule has 0 amide bonds. The Hall–Kier alpha value is 0.180. The van der Waals surface area contributed by atoms with Gasteiger partial charge in [0.1, 0.15) is 0 Å². The zero-order valence-electron chi connectivity index (χ0n) is 12.8. The summed E-state index contributed by atoms with van der Waals surface area (Å²) in [6, 6.07) is 0.0659. The highest BCUT2D eigenvalue weighted by Gasteiger charge is 2.28. The first kappa shape index (κ1) is 19.2. The van der Waals surface area contributed by atoms with Crippen molar-refractivity contribution in [2.24, 2.45) is 0 Å². The van der Waals surface area contributed by atoms with Gasteiger partial charge in [-0.3, -0.25) is 0 Å². The molecule has 116 valence electrons. The summed E-state index contributed by atoms with van der Waals surface area (Å²) < 4.78 is 27.7. The van der Waals surface area contributed by atoms with E-state index >= 15 is 0 Å². The first-order chi connectivity index (χ1) is 8.91. The molecule has 0 aromatic heterocycles. The van der Waals surface area contributed by atoms with Crippen molar-refractivity contribution >= 4 is 22.0 Å². The topological polar surface area (TPSA) is 52.7 Å². The van der Waals surface area contributed by atoms with Crippen molar-refractivity contribution in [3.8, 4) is 0 Å². The van der Waals surface area contributed by atoms with E-state index in [4.69, 9.17) is 0 Å². The number of thioether (sulfide) groups is 1. The van der Waals surface area contributed by atoms with Crippen LogP contribution >= 0.6 is 11.8 Å². The standard InChI is InChI=1S/C12H29N3O2S2/c1-6-12(11-18-5)15(4)19(16,17)14(3)10-8-9-13-7-2/h12-13H,6-11H2,1-5H3. The zero-order chi connectivity index (χ0) is 14.9. The van der Waals surface area contributed by atoms with E-state index in [2.05, 4.69) is 5.32 Å². The first-order valence-electron chi connectivity index (χ1n) is 6.80. The van der Waals surface area contributed by atoms with Gasteiger partial charge in [0, 0.05) is 32.4 Å². The fourth-order valence-electron chi connectivity index (χ4n) is 1.80. The Balaban J connectivity index is 4.48. The molecule has 0 radical (unpaired) electrons. The lowest BCUT2D eigenvalue weighted by Crippen LogP contribution is -2.46. The van der Waals surface area contributed by atoms with Crippen molar-refractivity contribution in [3.05, 3.63) is 0 Å². The van der Waals surface area contributed by atoms with E-state index in [1.165, 1.54) is 8.61 Å². The van der Waals surface area contributed by atoms with Crippen LogP contribution in [0.15, 0.2) is 0 Å². The number of rotatable bonds is 11. The molecule has 1 N–H and O–H groups in total. The van der Waals surface area contributed by atoms with Gasteiger partial charge in [0.25, 0.3) is 10.2 Å². The van der Waals surface area contributed by atoms with Crippen molar-refractivity contribution in [2.75, 3.05) is 45.7 Å². The highest BCUT2D eigenvalue weighted by Crippen LogP contribution is 2.14. The first-order valence-corrected chi connectivity index (χ1v) is 9.59. The van der Waals surface area contributed by atoms with Gasteiger partial charge in [0.05, 0.1) is 0 Å². The molecule has 1 unspecified atom stereocenters. The molecule has 5 nitrogen and oxygen atoms in total. The van der Waals surface area contributed by atoms with Gasteiger partial charge in [-0.1, -0.05) is 13.8 Å². The summed E-state index contributed by atoms with van der Waals surface area (Å²) in [5, 5.41) is 3.20. The minimum Gasteiger partial charge on any atom is -0.317 e. The van der Waals surface area contributed by atoms with Crippen molar-refractivity contribution in [2.45, 2.75) is 32.7 Å². The summed E-state index contributed by atoms with van der Waals surface area (Å²) in [6.07, 6.45) is 3.67. The van der Waals surface area contributed by atoms with Gasteiger partial charge in [-0.25, -0.2) is 0 Å². The molecule has 7 heteroatoms. The number of hydrogen-bond acceptors (Lipinski definition) is 4. The van der Waals surface area contributed by atoms with Crippen LogP contribution < -0.4 is 5.32 Å². The third-order valence-corrected chi connectivity index (χ3v) is 5.89. The van der Waals surface area contributed by atoms with Gasteiger partial charge < -0.3 is 5.32 Å². The Morgan fingerprint density at radius 2 is 1.89 bits per heavy atom. The van der Waals surface area contributed by atoms with Crippen LogP contribution in [0.2, 0.25) is 0 Å². The minimum atomic E-state index is -3.33. The van der Waals surface area contributed by atoms with Crippen LogP contribution in [0.3, 0.4) is 0 Å². The predicted octanol–water partition coefficient (Wildman–Crippen LogP) is 1.24. The van der Waals surface area contributed by atoms with Crippen LogP contribution in [0.1, 0.15) is 26.7 Å². The predicted molar refractivity (Wildman–Crippen MR) is 84.9 cm³/mol. The van der Waals surface area contributed by atoms with Gasteiger partial charge in [0.2, 0.25) is 0 Å². The summed E-state index contributed by atoms with van der Waals surface area (Å²) >= 11 is 1.68. The van der Waals surface area contributed by atoms with E-state index < -0.39 is 10.2 Å². The summed E-state index contributed by atoms with van der Waals surface area (Å²) in [7, 11) is 0.00327. The average molecular weight is 312 g/mol. The molecule has 0 aliphatic carbocycles. The second-order valence-corrected chi connectivity index (χ2v) is 7.58. The van der Waals surface area contributed by atoms with Crippen molar-refractivity contribution in [3.63, 3.8) is 0 Å². The Morgan fingerprint density at radius 3 is 2.37 bits per heavy atom. The number of nitrogens with one attached hydrogen (secondary N) is 1. The summed E-state index contributed by atoms with van der Waals surface area (Å²) in [6.45, 7) is 6.39. The molecule has 0 bridgehead atoms. The van der Waals surface area contributed by atoms with Crippen molar-refractivity contribution in [1.82, 2.24) is 13.9 Å². The minimum absolute atomic E-state index is 0.0659. The lowest BCUT2D eigenvalue weighted by atomic mass is 10.3. The fourth-order valence-corrected chi connectivity index (χ4v) is 4.14. The Kier molecular flexibility index (Phi) is 10.1. The second kappa shape index (κ2) is 9.99. The van der Waals surface area contributed by atoms with Crippen molar-refractivity contribution < 1.29 is 8.42 Å². The molecule has 0 spiro atoms. The van der Waals surface area contributed by atoms with E-state index in [0.29, 0.717) is 6.54 Å². The second-order valence-electron chi connectivity index (χ2n) is 4.57. The van der Waals surface area contributed by atoms with Crippen molar-refractivity contribution in [1.29, 1.82) is 0 Å². The van der Waals surface area contributed by atoms with Crippen LogP contribution in [-0.2, 0) is 10.2 Å². The molecular formula is C12H29N3O2S2. The average Bonchev–Trinajstić information content (AvgIpc) is 2.39. The maximum atomic E-state index is 12.4. The molecule has 0 rings (SSSR count). The fraction of sp³-hybridized carbons (Fsp3) is 1.00. The molecule has 0 aliphatic heterocycles. The molecule has 0 heterocycles. The van der Waals surface area contributed by atoms with E-state index in [9.17, 15) is 8.42 Å². The molecule has 0 fully saturated rings. The summed E-state index contributed by atoms with van der Waals surface area (Å²) in [5.41, 5.74) is 0. The van der Waals surface area contributed by atoms with Crippen LogP contribution in [0.25, 0.3) is 0 Å². The number of hydrogen-bond donors (Lipinski definition) is 1. The Labute approximate surface area is 123 Å². The molecule has 0 aromatic rings. The molecule has 0 aliphatic rings. The molecule has 0 saturated carbocycles. The highest BCUT2D eigenvalue weighted by molar-refractivity contribution is 7.98. The summed E-state index contributed by atoms with van der Waals surface area (Å²) in [4.78, 5) is 0. The Bertz CT molecular complexity index is 323. The SMILES string of the molecule is CCNCCCN(C)S(=O)(=O)N(C)C(CC)CSC.